The van der Waals surface area contributed by atoms with E-state index >= 15 is 0 Å². The first-order valence-corrected chi connectivity index (χ1v) is 8.87. The molecular formula is C21H19N3O5. The lowest BCUT2D eigenvalue weighted by Crippen LogP contribution is -2.43. The molecule has 3 rings (SSSR count). The second-order valence-electron chi connectivity index (χ2n) is 6.58. The molecule has 148 valence electrons. The Morgan fingerprint density at radius 1 is 0.862 bits per heavy atom. The van der Waals surface area contributed by atoms with Crippen LogP contribution in [0.2, 0.25) is 0 Å². The van der Waals surface area contributed by atoms with Crippen LogP contribution in [0.4, 0.5) is 17.1 Å². The Balaban J connectivity index is 2.06. The van der Waals surface area contributed by atoms with Crippen LogP contribution in [-0.2, 0) is 5.60 Å². The number of aliphatic hydroxyl groups is 1. The van der Waals surface area contributed by atoms with Gasteiger partial charge in [-0.25, -0.2) is 0 Å². The fraction of sp³-hybridized carbons (Fsp3) is 0.143. The summed E-state index contributed by atoms with van der Waals surface area (Å²) in [7, 11) is 0. The van der Waals surface area contributed by atoms with Crippen molar-refractivity contribution in [3.05, 3.63) is 110 Å². The van der Waals surface area contributed by atoms with Crippen LogP contribution >= 0.6 is 0 Å². The molecule has 3 aromatic rings. The van der Waals surface area contributed by atoms with Gasteiger partial charge in [-0.05, 0) is 24.1 Å². The number of rotatable bonds is 7. The lowest BCUT2D eigenvalue weighted by Gasteiger charge is -2.36. The molecule has 0 fully saturated rings. The zero-order chi connectivity index (χ0) is 21.0. The van der Waals surface area contributed by atoms with Gasteiger partial charge < -0.3 is 10.4 Å². The highest BCUT2D eigenvalue weighted by molar-refractivity contribution is 5.66. The molecule has 0 heterocycles. The van der Waals surface area contributed by atoms with Gasteiger partial charge in [0.05, 0.1) is 22.0 Å². The van der Waals surface area contributed by atoms with E-state index in [4.69, 9.17) is 0 Å². The van der Waals surface area contributed by atoms with Gasteiger partial charge in [0.2, 0.25) is 0 Å². The van der Waals surface area contributed by atoms with Crippen molar-refractivity contribution in [3.63, 3.8) is 0 Å². The predicted octanol–water partition coefficient (Wildman–Crippen LogP) is 4.24. The Bertz CT molecular complexity index is 986. The van der Waals surface area contributed by atoms with Gasteiger partial charge in [0, 0.05) is 6.07 Å². The molecular weight excluding hydrogens is 374 g/mol. The molecule has 0 aromatic heterocycles. The highest BCUT2D eigenvalue weighted by Crippen LogP contribution is 2.37. The summed E-state index contributed by atoms with van der Waals surface area (Å²) >= 11 is 0. The van der Waals surface area contributed by atoms with Gasteiger partial charge in [0.1, 0.15) is 11.3 Å². The summed E-state index contributed by atoms with van der Waals surface area (Å²) in [6.45, 7) is 1.70. The third-order valence-electron chi connectivity index (χ3n) is 4.82. The number of nitro benzene ring substituents is 2. The molecule has 0 aliphatic heterocycles. The molecule has 0 saturated heterocycles. The van der Waals surface area contributed by atoms with Crippen molar-refractivity contribution in [3.8, 4) is 0 Å². The quantitative estimate of drug-likeness (QED) is 0.458. The number of non-ortho nitro benzene ring substituents is 1. The Morgan fingerprint density at radius 2 is 1.38 bits per heavy atom. The maximum atomic E-state index is 11.7. The molecule has 1 atom stereocenters. The Kier molecular flexibility index (Phi) is 5.56. The van der Waals surface area contributed by atoms with Crippen molar-refractivity contribution >= 4 is 17.1 Å². The maximum absolute atomic E-state index is 11.7. The zero-order valence-corrected chi connectivity index (χ0v) is 15.6. The van der Waals surface area contributed by atoms with E-state index in [9.17, 15) is 25.3 Å². The van der Waals surface area contributed by atoms with E-state index in [-0.39, 0.29) is 11.4 Å². The van der Waals surface area contributed by atoms with Crippen LogP contribution in [0, 0.1) is 20.2 Å². The molecule has 0 aliphatic rings. The van der Waals surface area contributed by atoms with E-state index in [0.29, 0.717) is 11.1 Å². The van der Waals surface area contributed by atoms with Crippen molar-refractivity contribution in [2.24, 2.45) is 0 Å². The van der Waals surface area contributed by atoms with Gasteiger partial charge in [-0.15, -0.1) is 0 Å². The minimum absolute atomic E-state index is 0.0818. The van der Waals surface area contributed by atoms with E-state index in [1.54, 1.807) is 55.5 Å². The number of benzene rings is 3. The second-order valence-corrected chi connectivity index (χ2v) is 6.58. The van der Waals surface area contributed by atoms with E-state index in [2.05, 4.69) is 5.32 Å². The highest BCUT2D eigenvalue weighted by atomic mass is 16.6. The lowest BCUT2D eigenvalue weighted by molar-refractivity contribution is -0.393. The fourth-order valence-electron chi connectivity index (χ4n) is 3.30. The van der Waals surface area contributed by atoms with E-state index in [1.165, 1.54) is 12.1 Å². The minimum Gasteiger partial charge on any atom is -0.378 e. The Morgan fingerprint density at radius 3 is 1.83 bits per heavy atom. The first kappa shape index (κ1) is 20.0. The molecule has 8 heteroatoms. The summed E-state index contributed by atoms with van der Waals surface area (Å²) in [5.41, 5.74) is -1.02. The lowest BCUT2D eigenvalue weighted by atomic mass is 9.80. The van der Waals surface area contributed by atoms with Crippen LogP contribution in [-0.4, -0.2) is 21.0 Å². The average Bonchev–Trinajstić information content (AvgIpc) is 2.74. The first-order chi connectivity index (χ1) is 13.8. The first-order valence-electron chi connectivity index (χ1n) is 8.87. The molecule has 0 unspecified atom stereocenters. The topological polar surface area (TPSA) is 119 Å². The molecule has 0 aliphatic carbocycles. The molecule has 0 radical (unpaired) electrons. The summed E-state index contributed by atoms with van der Waals surface area (Å²) in [5.74, 6) is 0. The number of anilines is 1. The molecule has 2 N–H and O–H groups in total. The highest BCUT2D eigenvalue weighted by Gasteiger charge is 2.38. The molecule has 29 heavy (non-hydrogen) atoms. The zero-order valence-electron chi connectivity index (χ0n) is 15.6. The summed E-state index contributed by atoms with van der Waals surface area (Å²) in [6, 6.07) is 20.6. The third kappa shape index (κ3) is 3.92. The number of nitro groups is 2. The standard InChI is InChI=1S/C21H19N3O5/c1-15(22-19-13-12-18(23(26)27)14-20(19)24(28)29)21(25,16-8-4-2-5-9-16)17-10-6-3-7-11-17/h2-15,22,25H,1H3/t15-/m0/s1. The monoisotopic (exact) mass is 393 g/mol. The van der Waals surface area contributed by atoms with Crippen molar-refractivity contribution in [2.45, 2.75) is 18.6 Å². The molecule has 0 spiro atoms. The SMILES string of the molecule is C[C@H](Nc1ccc([N+](=O)[O-])cc1[N+](=O)[O-])C(O)(c1ccccc1)c1ccccc1. The summed E-state index contributed by atoms with van der Waals surface area (Å²) in [5, 5.41) is 37.1. The largest absolute Gasteiger partial charge is 0.378 e. The smallest absolute Gasteiger partial charge is 0.299 e. The van der Waals surface area contributed by atoms with Crippen LogP contribution in [0.1, 0.15) is 18.1 Å². The maximum Gasteiger partial charge on any atom is 0.299 e. The van der Waals surface area contributed by atoms with Crippen molar-refractivity contribution in [1.82, 2.24) is 0 Å². The minimum atomic E-state index is -1.50. The van der Waals surface area contributed by atoms with Crippen LogP contribution in [0.3, 0.4) is 0 Å². The van der Waals surface area contributed by atoms with Gasteiger partial charge in [-0.1, -0.05) is 60.7 Å². The molecule has 0 bridgehead atoms. The van der Waals surface area contributed by atoms with E-state index < -0.39 is 27.2 Å². The fourth-order valence-corrected chi connectivity index (χ4v) is 3.30. The number of hydrogen-bond acceptors (Lipinski definition) is 6. The van der Waals surface area contributed by atoms with E-state index in [0.717, 1.165) is 6.07 Å². The number of nitrogens with zero attached hydrogens (tertiary/aromatic N) is 2. The Hall–Kier alpha value is -3.78. The average molecular weight is 393 g/mol. The number of hydrogen-bond donors (Lipinski definition) is 2. The van der Waals surface area contributed by atoms with Gasteiger partial charge in [-0.2, -0.15) is 0 Å². The normalized spacial score (nSPS) is 12.2. The van der Waals surface area contributed by atoms with Crippen LogP contribution in [0.5, 0.6) is 0 Å². The molecule has 8 nitrogen and oxygen atoms in total. The molecule has 0 saturated carbocycles. The van der Waals surface area contributed by atoms with Crippen molar-refractivity contribution < 1.29 is 15.0 Å². The van der Waals surface area contributed by atoms with Gasteiger partial charge in [0.25, 0.3) is 11.4 Å². The van der Waals surface area contributed by atoms with Gasteiger partial charge in [0.15, 0.2) is 0 Å². The molecule has 3 aromatic carbocycles. The summed E-state index contributed by atoms with van der Waals surface area (Å²) in [6.07, 6.45) is 0. The summed E-state index contributed by atoms with van der Waals surface area (Å²) < 4.78 is 0. The second kappa shape index (κ2) is 8.07. The van der Waals surface area contributed by atoms with Gasteiger partial charge in [-0.3, -0.25) is 20.2 Å². The van der Waals surface area contributed by atoms with Crippen molar-refractivity contribution in [2.75, 3.05) is 5.32 Å². The molecule has 0 amide bonds. The van der Waals surface area contributed by atoms with Crippen LogP contribution in [0.25, 0.3) is 0 Å². The van der Waals surface area contributed by atoms with Crippen LogP contribution < -0.4 is 5.32 Å². The predicted molar refractivity (Wildman–Crippen MR) is 109 cm³/mol. The number of nitrogens with one attached hydrogen (secondary N) is 1. The third-order valence-corrected chi connectivity index (χ3v) is 4.82. The van der Waals surface area contributed by atoms with Crippen molar-refractivity contribution in [1.29, 1.82) is 0 Å². The van der Waals surface area contributed by atoms with Crippen LogP contribution in [0.15, 0.2) is 78.9 Å². The van der Waals surface area contributed by atoms with E-state index in [1.807, 2.05) is 12.1 Å². The Labute approximate surface area is 166 Å². The van der Waals surface area contributed by atoms with Gasteiger partial charge >= 0.3 is 0 Å². The summed E-state index contributed by atoms with van der Waals surface area (Å²) in [4.78, 5) is 21.0.